The van der Waals surface area contributed by atoms with Gasteiger partial charge in [0.25, 0.3) is 5.91 Å². The number of amides is 1. The van der Waals surface area contributed by atoms with Crippen LogP contribution in [0.1, 0.15) is 47.1 Å². The molecule has 4 aromatic rings. The van der Waals surface area contributed by atoms with Gasteiger partial charge in [-0.2, -0.15) is 0 Å². The first-order valence-corrected chi connectivity index (χ1v) is 12.0. The number of anilines is 1. The van der Waals surface area contributed by atoms with Crippen LogP contribution in [0.5, 0.6) is 11.5 Å². The van der Waals surface area contributed by atoms with Crippen molar-refractivity contribution in [1.82, 2.24) is 0 Å². The summed E-state index contributed by atoms with van der Waals surface area (Å²) in [6.07, 6.45) is 0. The number of carbonyl (C=O) groups is 1. The highest BCUT2D eigenvalue weighted by Crippen LogP contribution is 2.44. The Hall–Kier alpha value is -3.84. The number of nitrogens with zero attached hydrogens (tertiary/aromatic N) is 1. The lowest BCUT2D eigenvalue weighted by Gasteiger charge is -2.26. The number of rotatable bonds is 6. The van der Waals surface area contributed by atoms with Gasteiger partial charge in [0, 0.05) is 10.7 Å². The number of aryl methyl sites for hydroxylation is 1. The zero-order chi connectivity index (χ0) is 25.6. The van der Waals surface area contributed by atoms with Crippen LogP contribution in [0.3, 0.4) is 0 Å². The molecule has 0 bridgehead atoms. The molecule has 0 saturated heterocycles. The van der Waals surface area contributed by atoms with Gasteiger partial charge >= 0.3 is 0 Å². The maximum atomic E-state index is 14.0. The van der Waals surface area contributed by atoms with E-state index in [1.165, 1.54) is 17.0 Å². The highest BCUT2D eigenvalue weighted by atomic mass is 35.5. The SMILES string of the molecule is CCOc1ccc(C2c3c(oc4ccc(F)cc4c3=O)C(=O)N2c2ccc(C)c(Cl)c2)cc1OCC. The van der Waals surface area contributed by atoms with Gasteiger partial charge in [-0.1, -0.05) is 23.7 Å². The fourth-order valence-electron chi connectivity index (χ4n) is 4.50. The van der Waals surface area contributed by atoms with Crippen molar-refractivity contribution in [3.05, 3.63) is 98.1 Å². The smallest absolute Gasteiger partial charge is 0.295 e. The van der Waals surface area contributed by atoms with Gasteiger partial charge < -0.3 is 13.9 Å². The molecule has 1 aliphatic rings. The molecule has 5 rings (SSSR count). The molecule has 2 heterocycles. The second-order valence-electron chi connectivity index (χ2n) is 8.40. The van der Waals surface area contributed by atoms with Gasteiger partial charge in [-0.25, -0.2) is 4.39 Å². The molecule has 6 nitrogen and oxygen atoms in total. The van der Waals surface area contributed by atoms with E-state index < -0.39 is 23.2 Å². The minimum atomic E-state index is -0.856. The molecule has 1 unspecified atom stereocenters. The Morgan fingerprint density at radius 1 is 0.972 bits per heavy atom. The Morgan fingerprint density at radius 2 is 1.72 bits per heavy atom. The van der Waals surface area contributed by atoms with Crippen LogP contribution in [-0.4, -0.2) is 19.1 Å². The summed E-state index contributed by atoms with van der Waals surface area (Å²) < 4.78 is 31.4. The van der Waals surface area contributed by atoms with Crippen molar-refractivity contribution in [3.8, 4) is 11.5 Å². The van der Waals surface area contributed by atoms with Gasteiger partial charge in [-0.05, 0) is 74.4 Å². The van der Waals surface area contributed by atoms with Crippen LogP contribution in [0.15, 0.2) is 63.8 Å². The molecule has 0 spiro atoms. The largest absolute Gasteiger partial charge is 0.490 e. The van der Waals surface area contributed by atoms with E-state index in [1.54, 1.807) is 36.4 Å². The molecule has 0 radical (unpaired) electrons. The molecule has 8 heteroatoms. The Bertz CT molecular complexity index is 1560. The van der Waals surface area contributed by atoms with Crippen molar-refractivity contribution < 1.29 is 23.1 Å². The van der Waals surface area contributed by atoms with Crippen LogP contribution in [-0.2, 0) is 0 Å². The van der Waals surface area contributed by atoms with Crippen molar-refractivity contribution in [2.24, 2.45) is 0 Å². The summed E-state index contributed by atoms with van der Waals surface area (Å²) in [6.45, 7) is 6.42. The van der Waals surface area contributed by atoms with Crippen molar-refractivity contribution in [3.63, 3.8) is 0 Å². The molecule has 36 heavy (non-hydrogen) atoms. The first-order valence-electron chi connectivity index (χ1n) is 11.6. The maximum Gasteiger partial charge on any atom is 0.295 e. The number of carbonyl (C=O) groups excluding carboxylic acids is 1. The zero-order valence-corrected chi connectivity index (χ0v) is 20.7. The third kappa shape index (κ3) is 3.89. The monoisotopic (exact) mass is 507 g/mol. The van der Waals surface area contributed by atoms with Crippen LogP contribution < -0.4 is 19.8 Å². The van der Waals surface area contributed by atoms with Crippen molar-refractivity contribution in [2.45, 2.75) is 26.8 Å². The molecule has 3 aromatic carbocycles. The zero-order valence-electron chi connectivity index (χ0n) is 19.9. The minimum absolute atomic E-state index is 0.0614. The molecule has 0 aliphatic carbocycles. The van der Waals surface area contributed by atoms with Gasteiger partial charge in [0.05, 0.1) is 30.2 Å². The van der Waals surface area contributed by atoms with Gasteiger partial charge in [0.15, 0.2) is 16.9 Å². The van der Waals surface area contributed by atoms with Crippen molar-refractivity contribution in [2.75, 3.05) is 18.1 Å². The fraction of sp³-hybridized carbons (Fsp3) is 0.214. The summed E-state index contributed by atoms with van der Waals surface area (Å²) in [5, 5.41) is 0.537. The van der Waals surface area contributed by atoms with E-state index in [0.717, 1.165) is 11.6 Å². The Kier molecular flexibility index (Phi) is 6.18. The van der Waals surface area contributed by atoms with E-state index in [1.807, 2.05) is 20.8 Å². The van der Waals surface area contributed by atoms with E-state index in [0.29, 0.717) is 41.0 Å². The number of hydrogen-bond acceptors (Lipinski definition) is 5. The van der Waals surface area contributed by atoms with Gasteiger partial charge in [0.1, 0.15) is 11.4 Å². The van der Waals surface area contributed by atoms with E-state index in [4.69, 9.17) is 25.5 Å². The lowest BCUT2D eigenvalue weighted by molar-refractivity contribution is 0.0971. The molecule has 184 valence electrons. The maximum absolute atomic E-state index is 14.0. The Labute approximate surface area is 211 Å². The average Bonchev–Trinajstić information content (AvgIpc) is 3.15. The lowest BCUT2D eigenvalue weighted by atomic mass is 9.97. The predicted molar refractivity (Wildman–Crippen MR) is 136 cm³/mol. The number of fused-ring (bicyclic) bond motifs is 2. The third-order valence-electron chi connectivity index (χ3n) is 6.15. The van der Waals surface area contributed by atoms with Gasteiger partial charge in [0.2, 0.25) is 5.76 Å². The summed E-state index contributed by atoms with van der Waals surface area (Å²) in [6, 6.07) is 13.3. The summed E-state index contributed by atoms with van der Waals surface area (Å²) in [4.78, 5) is 28.9. The number of ether oxygens (including phenoxy) is 2. The van der Waals surface area contributed by atoms with Crippen LogP contribution in [0, 0.1) is 12.7 Å². The molecule has 1 amide bonds. The summed E-state index contributed by atoms with van der Waals surface area (Å²) in [5.74, 6) is -0.128. The number of hydrogen-bond donors (Lipinski definition) is 0. The van der Waals surface area contributed by atoms with Crippen LogP contribution >= 0.6 is 11.6 Å². The summed E-state index contributed by atoms with van der Waals surface area (Å²) >= 11 is 6.40. The van der Waals surface area contributed by atoms with Gasteiger partial charge in [-0.3, -0.25) is 14.5 Å². The molecule has 1 aliphatic heterocycles. The first-order chi connectivity index (χ1) is 17.3. The average molecular weight is 508 g/mol. The predicted octanol–water partition coefficient (Wildman–Crippen LogP) is 6.44. The summed E-state index contributed by atoms with van der Waals surface area (Å²) in [5.41, 5.74) is 1.73. The first kappa shape index (κ1) is 23.9. The van der Waals surface area contributed by atoms with Crippen LogP contribution in [0.4, 0.5) is 10.1 Å². The molecule has 0 saturated carbocycles. The molecule has 0 fully saturated rings. The van der Waals surface area contributed by atoms with E-state index in [9.17, 15) is 14.0 Å². The van der Waals surface area contributed by atoms with Crippen molar-refractivity contribution >= 4 is 34.2 Å². The van der Waals surface area contributed by atoms with Crippen LogP contribution in [0.25, 0.3) is 11.0 Å². The Morgan fingerprint density at radius 3 is 2.44 bits per heavy atom. The summed E-state index contributed by atoms with van der Waals surface area (Å²) in [7, 11) is 0. The molecule has 1 atom stereocenters. The fourth-order valence-corrected chi connectivity index (χ4v) is 4.67. The molecular formula is C28H23ClFNO5. The minimum Gasteiger partial charge on any atom is -0.490 e. The second-order valence-corrected chi connectivity index (χ2v) is 8.81. The van der Waals surface area contributed by atoms with Crippen molar-refractivity contribution in [1.29, 1.82) is 0 Å². The Balaban J connectivity index is 1.79. The standard InChI is InChI=1S/C28H23ClFNO5/c1-4-34-22-10-7-16(12-23(22)35-5-2)25-24-26(32)19-13-17(30)8-11-21(19)36-27(24)28(33)31(25)18-9-6-15(3)20(29)14-18/h6-14,25H,4-5H2,1-3H3. The van der Waals surface area contributed by atoms with Gasteiger partial charge in [-0.15, -0.1) is 0 Å². The third-order valence-corrected chi connectivity index (χ3v) is 6.56. The molecular weight excluding hydrogens is 485 g/mol. The van der Waals surface area contributed by atoms with E-state index in [-0.39, 0.29) is 22.3 Å². The topological polar surface area (TPSA) is 69.0 Å². The molecule has 0 N–H and O–H groups in total. The van der Waals surface area contributed by atoms with Crippen LogP contribution in [0.2, 0.25) is 5.02 Å². The normalized spacial score (nSPS) is 14.9. The number of halogens is 2. The second kappa shape index (κ2) is 9.32. The number of benzene rings is 3. The quantitative estimate of drug-likeness (QED) is 0.300. The lowest BCUT2D eigenvalue weighted by Crippen LogP contribution is -2.29. The van der Waals surface area contributed by atoms with E-state index >= 15 is 0 Å². The van der Waals surface area contributed by atoms with E-state index in [2.05, 4.69) is 0 Å². The highest BCUT2D eigenvalue weighted by Gasteiger charge is 2.44. The highest BCUT2D eigenvalue weighted by molar-refractivity contribution is 6.31. The molecule has 1 aromatic heterocycles.